The molecule has 3 nitrogen and oxygen atoms in total. The van der Waals surface area contributed by atoms with Gasteiger partial charge in [-0.2, -0.15) is 0 Å². The molecule has 0 aliphatic carbocycles. The molecule has 0 aliphatic rings. The Morgan fingerprint density at radius 1 is 1.53 bits per heavy atom. The molecule has 94 valence electrons. The maximum atomic E-state index is 13.8. The number of hydrogen-bond acceptors (Lipinski definition) is 3. The van der Waals surface area contributed by atoms with E-state index in [9.17, 15) is 4.39 Å². The van der Waals surface area contributed by atoms with Crippen LogP contribution in [0.5, 0.6) is 0 Å². The van der Waals surface area contributed by atoms with Crippen molar-refractivity contribution >= 4 is 22.9 Å². The second-order valence-electron chi connectivity index (χ2n) is 3.80. The number of halogens is 1. The fourth-order valence-corrected chi connectivity index (χ4v) is 1.66. The highest BCUT2D eigenvalue weighted by atomic mass is 32.1. The molecule has 1 rings (SSSR count). The molecule has 0 amide bonds. The van der Waals surface area contributed by atoms with Gasteiger partial charge in [0.15, 0.2) is 0 Å². The average molecular weight is 256 g/mol. The normalized spacial score (nSPS) is 10.3. The highest BCUT2D eigenvalue weighted by Crippen LogP contribution is 2.19. The van der Waals surface area contributed by atoms with Crippen molar-refractivity contribution in [3.63, 3.8) is 0 Å². The Kier molecular flexibility index (Phi) is 5.31. The lowest BCUT2D eigenvalue weighted by Crippen LogP contribution is -2.21. The van der Waals surface area contributed by atoms with Crippen LogP contribution >= 0.6 is 12.2 Å². The molecule has 1 aromatic carbocycles. The van der Waals surface area contributed by atoms with E-state index < -0.39 is 0 Å². The van der Waals surface area contributed by atoms with Gasteiger partial charge in [-0.05, 0) is 24.6 Å². The average Bonchev–Trinajstić information content (AvgIpc) is 2.28. The van der Waals surface area contributed by atoms with E-state index in [0.29, 0.717) is 17.9 Å². The van der Waals surface area contributed by atoms with Gasteiger partial charge >= 0.3 is 0 Å². The quantitative estimate of drug-likeness (QED) is 0.623. The van der Waals surface area contributed by atoms with E-state index in [1.54, 1.807) is 19.2 Å². The topological polar surface area (TPSA) is 38.5 Å². The molecule has 0 saturated heterocycles. The van der Waals surface area contributed by atoms with E-state index in [-0.39, 0.29) is 10.8 Å². The molecule has 0 radical (unpaired) electrons. The monoisotopic (exact) mass is 256 g/mol. The van der Waals surface area contributed by atoms with Crippen molar-refractivity contribution in [2.75, 3.05) is 32.2 Å². The largest absolute Gasteiger partial charge is 0.389 e. The molecule has 0 aliphatic heterocycles. The zero-order valence-electron chi connectivity index (χ0n) is 10.1. The van der Waals surface area contributed by atoms with E-state index in [2.05, 4.69) is 0 Å². The lowest BCUT2D eigenvalue weighted by molar-refractivity contribution is 0.196. The van der Waals surface area contributed by atoms with Crippen LogP contribution in [0.1, 0.15) is 12.0 Å². The molecule has 0 atom stereocenters. The molecule has 0 heterocycles. The number of ether oxygens (including phenoxy) is 1. The Labute approximate surface area is 106 Å². The molecule has 2 N–H and O–H groups in total. The Balaban J connectivity index is 2.74. The number of nitrogens with zero attached hydrogens (tertiary/aromatic N) is 1. The first kappa shape index (κ1) is 13.9. The summed E-state index contributed by atoms with van der Waals surface area (Å²) in [6.07, 6.45) is 0.851. The van der Waals surface area contributed by atoms with Crippen molar-refractivity contribution in [1.82, 2.24) is 0 Å². The second kappa shape index (κ2) is 6.51. The third-order valence-electron chi connectivity index (χ3n) is 2.49. The smallest absolute Gasteiger partial charge is 0.147 e. The summed E-state index contributed by atoms with van der Waals surface area (Å²) in [4.78, 5) is 2.05. The minimum absolute atomic E-state index is 0.206. The van der Waals surface area contributed by atoms with Crippen LogP contribution in [-0.4, -0.2) is 32.3 Å². The first-order valence-corrected chi connectivity index (χ1v) is 5.76. The fourth-order valence-electron chi connectivity index (χ4n) is 1.54. The van der Waals surface area contributed by atoms with Crippen LogP contribution in [0.15, 0.2) is 18.2 Å². The lowest BCUT2D eigenvalue weighted by atomic mass is 10.2. The van der Waals surface area contributed by atoms with Crippen molar-refractivity contribution in [2.45, 2.75) is 6.42 Å². The van der Waals surface area contributed by atoms with Crippen LogP contribution in [0.2, 0.25) is 0 Å². The second-order valence-corrected chi connectivity index (χ2v) is 4.24. The number of anilines is 1. The number of methoxy groups -OCH3 is 1. The molecule has 0 unspecified atom stereocenters. The molecule has 0 saturated carbocycles. The standard InChI is InChI=1S/C12H17FN2OS/c1-15(6-3-7-16-2)11-5-4-9(12(14)17)8-10(11)13/h4-5,8H,3,6-7H2,1-2H3,(H2,14,17). The van der Waals surface area contributed by atoms with Gasteiger partial charge < -0.3 is 15.4 Å². The third-order valence-corrected chi connectivity index (χ3v) is 2.72. The van der Waals surface area contributed by atoms with Crippen LogP contribution in [0.4, 0.5) is 10.1 Å². The predicted octanol–water partition coefficient (Wildman–Crippen LogP) is 1.93. The van der Waals surface area contributed by atoms with Gasteiger partial charge in [0, 0.05) is 32.9 Å². The van der Waals surface area contributed by atoms with Crippen molar-refractivity contribution in [1.29, 1.82) is 0 Å². The summed E-state index contributed by atoms with van der Waals surface area (Å²) in [5, 5.41) is 0. The van der Waals surface area contributed by atoms with Crippen molar-refractivity contribution in [3.05, 3.63) is 29.6 Å². The Bertz CT molecular complexity index is 398. The molecule has 17 heavy (non-hydrogen) atoms. The maximum absolute atomic E-state index is 13.8. The summed E-state index contributed by atoms with van der Waals surface area (Å²) < 4.78 is 18.7. The van der Waals surface area contributed by atoms with Gasteiger partial charge in [-0.3, -0.25) is 0 Å². The van der Waals surface area contributed by atoms with Crippen LogP contribution in [-0.2, 0) is 4.74 Å². The Morgan fingerprint density at radius 2 is 2.24 bits per heavy atom. The third kappa shape index (κ3) is 3.94. The van der Waals surface area contributed by atoms with E-state index in [4.69, 9.17) is 22.7 Å². The van der Waals surface area contributed by atoms with E-state index in [1.165, 1.54) is 6.07 Å². The van der Waals surface area contributed by atoms with Gasteiger partial charge in [0.05, 0.1) is 5.69 Å². The summed E-state index contributed by atoms with van der Waals surface area (Å²) in [5.41, 5.74) is 6.53. The lowest BCUT2D eigenvalue weighted by Gasteiger charge is -2.20. The molecule has 0 fully saturated rings. The highest BCUT2D eigenvalue weighted by molar-refractivity contribution is 7.80. The van der Waals surface area contributed by atoms with Crippen molar-refractivity contribution in [3.8, 4) is 0 Å². The van der Waals surface area contributed by atoms with Gasteiger partial charge in [0.1, 0.15) is 10.8 Å². The SMILES string of the molecule is COCCCN(C)c1ccc(C(N)=S)cc1F. The van der Waals surface area contributed by atoms with Gasteiger partial charge in [0.2, 0.25) is 0 Å². The summed E-state index contributed by atoms with van der Waals surface area (Å²) in [6, 6.07) is 4.79. The molecule has 1 aromatic rings. The summed E-state index contributed by atoms with van der Waals surface area (Å²) in [5.74, 6) is -0.310. The van der Waals surface area contributed by atoms with Gasteiger partial charge in [-0.1, -0.05) is 12.2 Å². The molecular weight excluding hydrogens is 239 g/mol. The number of thiocarbonyl (C=S) groups is 1. The van der Waals surface area contributed by atoms with Crippen LogP contribution in [0.3, 0.4) is 0 Å². The first-order chi connectivity index (χ1) is 8.06. The van der Waals surface area contributed by atoms with Crippen LogP contribution in [0, 0.1) is 5.82 Å². The van der Waals surface area contributed by atoms with Crippen LogP contribution in [0.25, 0.3) is 0 Å². The first-order valence-electron chi connectivity index (χ1n) is 5.35. The predicted molar refractivity (Wildman–Crippen MR) is 72.1 cm³/mol. The Morgan fingerprint density at radius 3 is 2.76 bits per heavy atom. The summed E-state index contributed by atoms with van der Waals surface area (Å²) in [7, 11) is 3.49. The summed E-state index contributed by atoms with van der Waals surface area (Å²) >= 11 is 4.80. The molecule has 0 bridgehead atoms. The number of nitrogens with two attached hydrogens (primary N) is 1. The highest BCUT2D eigenvalue weighted by Gasteiger charge is 2.09. The van der Waals surface area contributed by atoms with Crippen LogP contribution < -0.4 is 10.6 Å². The van der Waals surface area contributed by atoms with Gasteiger partial charge in [-0.25, -0.2) is 4.39 Å². The number of benzene rings is 1. The Hall–Kier alpha value is -1.20. The molecular formula is C12H17FN2OS. The zero-order valence-corrected chi connectivity index (χ0v) is 10.9. The number of hydrogen-bond donors (Lipinski definition) is 1. The summed E-state index contributed by atoms with van der Waals surface area (Å²) in [6.45, 7) is 1.40. The number of rotatable bonds is 6. The minimum Gasteiger partial charge on any atom is -0.389 e. The minimum atomic E-state index is -0.310. The fraction of sp³-hybridized carbons (Fsp3) is 0.417. The van der Waals surface area contributed by atoms with Crippen molar-refractivity contribution in [2.24, 2.45) is 5.73 Å². The van der Waals surface area contributed by atoms with Gasteiger partial charge in [-0.15, -0.1) is 0 Å². The van der Waals surface area contributed by atoms with E-state index in [1.807, 2.05) is 11.9 Å². The van der Waals surface area contributed by atoms with Gasteiger partial charge in [0.25, 0.3) is 0 Å². The van der Waals surface area contributed by atoms with E-state index in [0.717, 1.165) is 13.0 Å². The molecule has 0 aromatic heterocycles. The zero-order chi connectivity index (χ0) is 12.8. The van der Waals surface area contributed by atoms with Crippen molar-refractivity contribution < 1.29 is 9.13 Å². The molecule has 0 spiro atoms. The maximum Gasteiger partial charge on any atom is 0.147 e. The molecule has 5 heteroatoms. The van der Waals surface area contributed by atoms with E-state index >= 15 is 0 Å².